The van der Waals surface area contributed by atoms with Gasteiger partial charge in [-0.3, -0.25) is 9.59 Å². The van der Waals surface area contributed by atoms with E-state index >= 15 is 0 Å². The summed E-state index contributed by atoms with van der Waals surface area (Å²) in [6.07, 6.45) is 2.06. The molecule has 2 atom stereocenters. The van der Waals surface area contributed by atoms with Gasteiger partial charge in [-0.05, 0) is 33.1 Å². The van der Waals surface area contributed by atoms with E-state index in [1.165, 1.54) is 0 Å². The molecule has 0 spiro atoms. The molecule has 0 saturated heterocycles. The Hall–Kier alpha value is -1.32. The zero-order chi connectivity index (χ0) is 14.5. The van der Waals surface area contributed by atoms with Crippen LogP contribution < -0.4 is 11.1 Å². The number of carbonyl (C=O) groups is 2. The van der Waals surface area contributed by atoms with Crippen molar-refractivity contribution in [3.8, 4) is 0 Å². The normalized spacial score (nSPS) is 15.0. The molecule has 4 heteroatoms. The Balaban J connectivity index is 5.09. The largest absolute Gasteiger partial charge is 0.369 e. The van der Waals surface area contributed by atoms with E-state index in [2.05, 4.69) is 11.9 Å². The fraction of sp³-hybridized carbons (Fsp3) is 0.714. The molecule has 2 amide bonds. The van der Waals surface area contributed by atoms with Crippen LogP contribution in [0.3, 0.4) is 0 Å². The van der Waals surface area contributed by atoms with Crippen LogP contribution in [0.1, 0.15) is 41.0 Å². The number of hydrogen-bond donors (Lipinski definition) is 2. The first-order valence-corrected chi connectivity index (χ1v) is 6.32. The highest BCUT2D eigenvalue weighted by Crippen LogP contribution is 2.25. The minimum absolute atomic E-state index is 0.0461. The van der Waals surface area contributed by atoms with E-state index in [1.807, 2.05) is 34.6 Å². The smallest absolute Gasteiger partial charge is 0.224 e. The summed E-state index contributed by atoms with van der Waals surface area (Å²) in [5.74, 6) is -1.44. The van der Waals surface area contributed by atoms with Gasteiger partial charge < -0.3 is 11.1 Å². The third-order valence-electron chi connectivity index (χ3n) is 2.74. The first kappa shape index (κ1) is 16.7. The number of allylic oxidation sites excluding steroid dienone is 1. The van der Waals surface area contributed by atoms with Crippen molar-refractivity contribution in [1.29, 1.82) is 0 Å². The lowest BCUT2D eigenvalue weighted by molar-refractivity contribution is -0.136. The molecule has 0 fully saturated rings. The summed E-state index contributed by atoms with van der Waals surface area (Å²) in [5, 5.41) is 2.91. The summed E-state index contributed by atoms with van der Waals surface area (Å²) >= 11 is 0. The fourth-order valence-corrected chi connectivity index (χ4v) is 2.02. The predicted octanol–water partition coefficient (Wildman–Crippen LogP) is 1.85. The Bertz CT molecular complexity index is 316. The molecule has 104 valence electrons. The molecular weight excluding hydrogens is 228 g/mol. The summed E-state index contributed by atoms with van der Waals surface area (Å²) in [6.45, 7) is 13.2. The molecule has 0 saturated carbocycles. The van der Waals surface area contributed by atoms with Crippen LogP contribution in [0, 0.1) is 17.8 Å². The molecule has 3 N–H and O–H groups in total. The molecule has 0 aromatic rings. The Morgan fingerprint density at radius 1 is 1.33 bits per heavy atom. The molecular formula is C14H26N2O2. The molecule has 0 aromatic heterocycles. The van der Waals surface area contributed by atoms with Crippen LogP contribution in [-0.4, -0.2) is 17.4 Å². The molecule has 0 aromatic carbocycles. The van der Waals surface area contributed by atoms with Gasteiger partial charge in [-0.1, -0.05) is 19.9 Å². The number of rotatable bonds is 6. The number of nitrogens with two attached hydrogens (primary N) is 1. The van der Waals surface area contributed by atoms with Crippen molar-refractivity contribution in [1.82, 2.24) is 5.32 Å². The van der Waals surface area contributed by atoms with Crippen LogP contribution in [0.2, 0.25) is 0 Å². The van der Waals surface area contributed by atoms with Crippen molar-refractivity contribution in [3.63, 3.8) is 0 Å². The van der Waals surface area contributed by atoms with Gasteiger partial charge >= 0.3 is 0 Å². The maximum Gasteiger partial charge on any atom is 0.224 e. The minimum atomic E-state index is -0.496. The third-order valence-corrected chi connectivity index (χ3v) is 2.74. The summed E-state index contributed by atoms with van der Waals surface area (Å²) < 4.78 is 0. The Labute approximate surface area is 110 Å². The van der Waals surface area contributed by atoms with Crippen LogP contribution in [0.25, 0.3) is 0 Å². The number of carbonyl (C=O) groups excluding carboxylic acids is 2. The molecule has 4 nitrogen and oxygen atoms in total. The summed E-state index contributed by atoms with van der Waals surface area (Å²) in [6, 6.07) is 0. The molecule has 0 radical (unpaired) electrons. The molecule has 0 aliphatic heterocycles. The Morgan fingerprint density at radius 3 is 2.11 bits per heavy atom. The molecule has 0 rings (SSSR count). The van der Waals surface area contributed by atoms with Crippen molar-refractivity contribution in [2.24, 2.45) is 23.5 Å². The summed E-state index contributed by atoms with van der Waals surface area (Å²) in [7, 11) is 0. The summed E-state index contributed by atoms with van der Waals surface area (Å²) in [4.78, 5) is 23.8. The molecule has 18 heavy (non-hydrogen) atoms. The van der Waals surface area contributed by atoms with Gasteiger partial charge in [0.1, 0.15) is 0 Å². The van der Waals surface area contributed by atoms with Crippen LogP contribution >= 0.6 is 0 Å². The second kappa shape index (κ2) is 6.57. The number of primary amides is 1. The van der Waals surface area contributed by atoms with Gasteiger partial charge in [-0.2, -0.15) is 0 Å². The molecule has 0 aliphatic carbocycles. The average molecular weight is 254 g/mol. The molecule has 2 unspecified atom stereocenters. The van der Waals surface area contributed by atoms with E-state index in [0.717, 1.165) is 0 Å². The van der Waals surface area contributed by atoms with Crippen molar-refractivity contribution in [3.05, 3.63) is 12.7 Å². The summed E-state index contributed by atoms with van der Waals surface area (Å²) in [5.41, 5.74) is 5.08. The topological polar surface area (TPSA) is 72.2 Å². The highest BCUT2D eigenvalue weighted by Gasteiger charge is 2.35. The van der Waals surface area contributed by atoms with E-state index in [4.69, 9.17) is 5.73 Å². The quantitative estimate of drug-likeness (QED) is 0.710. The lowest BCUT2D eigenvalue weighted by Crippen LogP contribution is -2.49. The molecule has 0 bridgehead atoms. The van der Waals surface area contributed by atoms with Gasteiger partial charge in [-0.25, -0.2) is 0 Å². The highest BCUT2D eigenvalue weighted by molar-refractivity contribution is 5.87. The SMILES string of the molecule is C=CCC(C(N)=O)C(C(=O)NC(C)(C)C)C(C)C. The third kappa shape index (κ3) is 5.34. The second-order valence-electron chi connectivity index (χ2n) is 6.04. The van der Waals surface area contributed by atoms with Crippen LogP contribution in [0.15, 0.2) is 12.7 Å². The second-order valence-corrected chi connectivity index (χ2v) is 6.04. The highest BCUT2D eigenvalue weighted by atomic mass is 16.2. The standard InChI is InChI=1S/C14H26N2O2/c1-7-8-10(12(15)17)11(9(2)3)13(18)16-14(4,5)6/h7,9-11H,1,8H2,2-6H3,(H2,15,17)(H,16,18). The zero-order valence-electron chi connectivity index (χ0n) is 12.1. The van der Waals surface area contributed by atoms with Crippen LogP contribution in [0.5, 0.6) is 0 Å². The van der Waals surface area contributed by atoms with Crippen molar-refractivity contribution < 1.29 is 9.59 Å². The lowest BCUT2D eigenvalue weighted by atomic mass is 9.80. The van der Waals surface area contributed by atoms with Crippen LogP contribution in [-0.2, 0) is 9.59 Å². The molecule has 0 heterocycles. The van der Waals surface area contributed by atoms with Crippen molar-refractivity contribution in [2.75, 3.05) is 0 Å². The van der Waals surface area contributed by atoms with Crippen molar-refractivity contribution in [2.45, 2.75) is 46.6 Å². The van der Waals surface area contributed by atoms with Gasteiger partial charge in [-0.15, -0.1) is 6.58 Å². The first-order chi connectivity index (χ1) is 8.10. The first-order valence-electron chi connectivity index (χ1n) is 6.32. The van der Waals surface area contributed by atoms with Gasteiger partial charge in [0.05, 0.1) is 11.8 Å². The van der Waals surface area contributed by atoms with E-state index in [9.17, 15) is 9.59 Å². The van der Waals surface area contributed by atoms with Gasteiger partial charge in [0.15, 0.2) is 0 Å². The minimum Gasteiger partial charge on any atom is -0.369 e. The average Bonchev–Trinajstić information content (AvgIpc) is 2.13. The maximum absolute atomic E-state index is 12.3. The van der Waals surface area contributed by atoms with Gasteiger partial charge in [0.2, 0.25) is 11.8 Å². The number of nitrogens with one attached hydrogen (secondary N) is 1. The zero-order valence-corrected chi connectivity index (χ0v) is 12.1. The monoisotopic (exact) mass is 254 g/mol. The Kier molecular flexibility index (Phi) is 6.09. The van der Waals surface area contributed by atoms with Crippen LogP contribution in [0.4, 0.5) is 0 Å². The number of amides is 2. The molecule has 0 aliphatic rings. The van der Waals surface area contributed by atoms with Gasteiger partial charge in [0.25, 0.3) is 0 Å². The predicted molar refractivity (Wildman–Crippen MR) is 73.7 cm³/mol. The fourth-order valence-electron chi connectivity index (χ4n) is 2.02. The van der Waals surface area contributed by atoms with E-state index in [0.29, 0.717) is 6.42 Å². The maximum atomic E-state index is 12.3. The number of hydrogen-bond acceptors (Lipinski definition) is 2. The van der Waals surface area contributed by atoms with E-state index in [1.54, 1.807) is 6.08 Å². The Morgan fingerprint density at radius 2 is 1.83 bits per heavy atom. The van der Waals surface area contributed by atoms with Crippen molar-refractivity contribution >= 4 is 11.8 Å². The van der Waals surface area contributed by atoms with E-state index in [-0.39, 0.29) is 17.4 Å². The lowest BCUT2D eigenvalue weighted by Gasteiger charge is -2.30. The van der Waals surface area contributed by atoms with Gasteiger partial charge in [0, 0.05) is 5.54 Å². The van der Waals surface area contributed by atoms with E-state index < -0.39 is 17.7 Å².